The van der Waals surface area contributed by atoms with Gasteiger partial charge in [-0.2, -0.15) is 4.31 Å². The summed E-state index contributed by atoms with van der Waals surface area (Å²) in [5.74, 6) is 0.461. The fourth-order valence-electron chi connectivity index (χ4n) is 2.41. The van der Waals surface area contributed by atoms with E-state index in [1.807, 2.05) is 0 Å². The van der Waals surface area contributed by atoms with Gasteiger partial charge in [-0.25, -0.2) is 8.42 Å². The first-order valence-electron chi connectivity index (χ1n) is 7.63. The molecule has 8 heteroatoms. The van der Waals surface area contributed by atoms with Gasteiger partial charge in [-0.15, -0.1) is 0 Å². The molecule has 7 nitrogen and oxygen atoms in total. The Bertz CT molecular complexity index is 655. The number of rotatable bonds is 6. The van der Waals surface area contributed by atoms with Gasteiger partial charge >= 0.3 is 0 Å². The van der Waals surface area contributed by atoms with Crippen LogP contribution in [0.15, 0.2) is 23.1 Å². The van der Waals surface area contributed by atoms with E-state index in [9.17, 15) is 13.2 Å². The van der Waals surface area contributed by atoms with Gasteiger partial charge in [0.25, 0.3) is 0 Å². The summed E-state index contributed by atoms with van der Waals surface area (Å²) in [5, 5.41) is 5.88. The minimum Gasteiger partial charge on any atom is -0.496 e. The van der Waals surface area contributed by atoms with E-state index in [0.29, 0.717) is 43.9 Å². The summed E-state index contributed by atoms with van der Waals surface area (Å²) in [5.41, 5.74) is 0.644. The normalized spacial score (nSPS) is 16.1. The number of hydrogen-bond acceptors (Lipinski definition) is 5. The van der Waals surface area contributed by atoms with Gasteiger partial charge in [0, 0.05) is 44.7 Å². The molecule has 0 unspecified atom stereocenters. The number of benzene rings is 1. The fraction of sp³-hybridized carbons (Fsp3) is 0.533. The third-order valence-corrected chi connectivity index (χ3v) is 5.66. The van der Waals surface area contributed by atoms with Crippen LogP contribution in [-0.4, -0.2) is 51.9 Å². The number of nitrogens with zero attached hydrogens (tertiary/aromatic N) is 1. The second-order valence-electron chi connectivity index (χ2n) is 5.26. The van der Waals surface area contributed by atoms with Crippen molar-refractivity contribution in [3.63, 3.8) is 0 Å². The highest BCUT2D eigenvalue weighted by Crippen LogP contribution is 2.24. The molecule has 2 rings (SSSR count). The molecule has 0 bridgehead atoms. The third kappa shape index (κ3) is 4.21. The lowest BCUT2D eigenvalue weighted by molar-refractivity contribution is -0.120. The zero-order valence-corrected chi connectivity index (χ0v) is 14.3. The van der Waals surface area contributed by atoms with Crippen molar-refractivity contribution in [3.8, 4) is 5.75 Å². The van der Waals surface area contributed by atoms with Crippen LogP contribution in [0.25, 0.3) is 0 Å². The maximum atomic E-state index is 12.7. The van der Waals surface area contributed by atoms with Gasteiger partial charge in [-0.05, 0) is 18.2 Å². The first-order chi connectivity index (χ1) is 11.0. The average molecular weight is 341 g/mol. The quantitative estimate of drug-likeness (QED) is 0.778. The van der Waals surface area contributed by atoms with E-state index in [0.717, 1.165) is 0 Å². The van der Waals surface area contributed by atoms with Crippen molar-refractivity contribution in [2.75, 3.05) is 33.3 Å². The third-order valence-electron chi connectivity index (χ3n) is 3.76. The number of piperazine rings is 1. The van der Waals surface area contributed by atoms with Crippen LogP contribution >= 0.6 is 0 Å². The second kappa shape index (κ2) is 7.76. The summed E-state index contributed by atoms with van der Waals surface area (Å²) in [7, 11) is -2.01. The number of nitrogens with one attached hydrogen (secondary N) is 2. The fourth-order valence-corrected chi connectivity index (χ4v) is 3.90. The molecule has 1 aromatic carbocycles. The van der Waals surface area contributed by atoms with E-state index in [1.165, 1.54) is 11.4 Å². The van der Waals surface area contributed by atoms with Gasteiger partial charge in [0.1, 0.15) is 5.75 Å². The van der Waals surface area contributed by atoms with Crippen molar-refractivity contribution in [2.45, 2.75) is 24.8 Å². The molecule has 1 saturated heterocycles. The van der Waals surface area contributed by atoms with Gasteiger partial charge in [0.2, 0.25) is 15.9 Å². The standard InChI is InChI=1S/C15H23N3O4S/c1-3-15(19)17-11-12-10-13(4-5-14(12)22-2)23(20,21)18-8-6-16-7-9-18/h4-5,10,16H,3,6-9,11H2,1-2H3,(H,17,19). The Kier molecular flexibility index (Phi) is 5.97. The maximum Gasteiger partial charge on any atom is 0.243 e. The molecule has 1 aromatic rings. The van der Waals surface area contributed by atoms with Crippen LogP contribution in [0, 0.1) is 0 Å². The summed E-state index contributed by atoms with van der Waals surface area (Å²) in [6, 6.07) is 4.75. The number of carbonyl (C=O) groups is 1. The number of ether oxygens (including phenoxy) is 1. The SMILES string of the molecule is CCC(=O)NCc1cc(S(=O)(=O)N2CCNCC2)ccc1OC. The monoisotopic (exact) mass is 341 g/mol. The molecule has 23 heavy (non-hydrogen) atoms. The van der Waals surface area contributed by atoms with E-state index in [4.69, 9.17) is 4.74 Å². The van der Waals surface area contributed by atoms with Crippen LogP contribution in [0.3, 0.4) is 0 Å². The molecule has 2 N–H and O–H groups in total. The summed E-state index contributed by atoms with van der Waals surface area (Å²) < 4.78 is 32.1. The Labute approximate surface area is 137 Å². The van der Waals surface area contributed by atoms with Crippen molar-refractivity contribution in [2.24, 2.45) is 0 Å². The van der Waals surface area contributed by atoms with Crippen LogP contribution in [0.1, 0.15) is 18.9 Å². The lowest BCUT2D eigenvalue weighted by Gasteiger charge is -2.27. The Morgan fingerprint density at radius 1 is 1.35 bits per heavy atom. The number of carbonyl (C=O) groups excluding carboxylic acids is 1. The maximum absolute atomic E-state index is 12.7. The van der Waals surface area contributed by atoms with Gasteiger partial charge in [0.15, 0.2) is 0 Å². The molecule has 0 radical (unpaired) electrons. The van der Waals surface area contributed by atoms with Gasteiger partial charge in [0.05, 0.1) is 12.0 Å². The first-order valence-corrected chi connectivity index (χ1v) is 9.07. The van der Waals surface area contributed by atoms with E-state index in [2.05, 4.69) is 10.6 Å². The molecule has 0 aliphatic carbocycles. The van der Waals surface area contributed by atoms with Gasteiger partial charge in [-0.1, -0.05) is 6.92 Å². The molecular formula is C15H23N3O4S. The lowest BCUT2D eigenvalue weighted by atomic mass is 10.2. The first kappa shape index (κ1) is 17.7. The Balaban J connectivity index is 2.26. The van der Waals surface area contributed by atoms with Gasteiger partial charge < -0.3 is 15.4 Å². The Morgan fingerprint density at radius 2 is 2.04 bits per heavy atom. The molecule has 1 heterocycles. The van der Waals surface area contributed by atoms with Crippen LogP contribution in [0.5, 0.6) is 5.75 Å². The van der Waals surface area contributed by atoms with E-state index >= 15 is 0 Å². The molecule has 0 spiro atoms. The van der Waals surface area contributed by atoms with Crippen LogP contribution in [0.4, 0.5) is 0 Å². The molecule has 128 valence electrons. The Hall–Kier alpha value is -1.64. The highest BCUT2D eigenvalue weighted by Gasteiger charge is 2.26. The summed E-state index contributed by atoms with van der Waals surface area (Å²) in [4.78, 5) is 11.7. The molecule has 0 aromatic heterocycles. The molecular weight excluding hydrogens is 318 g/mol. The van der Waals surface area contributed by atoms with Crippen molar-refractivity contribution >= 4 is 15.9 Å². The number of amides is 1. The summed E-state index contributed by atoms with van der Waals surface area (Å²) in [6.07, 6.45) is 0.376. The number of methoxy groups -OCH3 is 1. The molecule has 1 fully saturated rings. The average Bonchev–Trinajstić information content (AvgIpc) is 2.60. The van der Waals surface area contributed by atoms with Crippen LogP contribution in [-0.2, 0) is 21.4 Å². The molecule has 1 aliphatic rings. The second-order valence-corrected chi connectivity index (χ2v) is 7.20. The zero-order chi connectivity index (χ0) is 16.9. The molecule has 0 atom stereocenters. The predicted octanol–water partition coefficient (Wildman–Crippen LogP) is 0.315. The summed E-state index contributed by atoms with van der Waals surface area (Å²) in [6.45, 7) is 4.20. The van der Waals surface area contributed by atoms with E-state index in [1.54, 1.807) is 25.1 Å². The van der Waals surface area contributed by atoms with Crippen molar-refractivity contribution < 1.29 is 17.9 Å². The molecule has 1 aliphatic heterocycles. The molecule has 1 amide bonds. The smallest absolute Gasteiger partial charge is 0.243 e. The van der Waals surface area contributed by atoms with Crippen molar-refractivity contribution in [1.82, 2.24) is 14.9 Å². The van der Waals surface area contributed by atoms with E-state index < -0.39 is 10.0 Å². The lowest BCUT2D eigenvalue weighted by Crippen LogP contribution is -2.46. The van der Waals surface area contributed by atoms with E-state index in [-0.39, 0.29) is 17.3 Å². The van der Waals surface area contributed by atoms with Crippen LogP contribution in [0.2, 0.25) is 0 Å². The minimum atomic E-state index is -3.53. The van der Waals surface area contributed by atoms with Crippen molar-refractivity contribution in [1.29, 1.82) is 0 Å². The number of sulfonamides is 1. The highest BCUT2D eigenvalue weighted by molar-refractivity contribution is 7.89. The Morgan fingerprint density at radius 3 is 2.65 bits per heavy atom. The predicted molar refractivity (Wildman–Crippen MR) is 86.8 cm³/mol. The largest absolute Gasteiger partial charge is 0.496 e. The number of hydrogen-bond donors (Lipinski definition) is 2. The topological polar surface area (TPSA) is 87.7 Å². The minimum absolute atomic E-state index is 0.0950. The van der Waals surface area contributed by atoms with Crippen molar-refractivity contribution in [3.05, 3.63) is 23.8 Å². The van der Waals surface area contributed by atoms with Crippen LogP contribution < -0.4 is 15.4 Å². The van der Waals surface area contributed by atoms with Gasteiger partial charge in [-0.3, -0.25) is 4.79 Å². The zero-order valence-electron chi connectivity index (χ0n) is 13.5. The highest BCUT2D eigenvalue weighted by atomic mass is 32.2. The summed E-state index contributed by atoms with van der Waals surface area (Å²) >= 11 is 0. The molecule has 0 saturated carbocycles.